The van der Waals surface area contributed by atoms with Gasteiger partial charge in [-0.3, -0.25) is 0 Å². The van der Waals surface area contributed by atoms with Crippen LogP contribution in [0, 0.1) is 11.6 Å². The van der Waals surface area contributed by atoms with Crippen LogP contribution in [0.3, 0.4) is 0 Å². The number of nitrogens with zero attached hydrogens (tertiary/aromatic N) is 1. The van der Waals surface area contributed by atoms with Crippen LogP contribution in [0.4, 0.5) is 8.78 Å². The Morgan fingerprint density at radius 2 is 2.05 bits per heavy atom. The van der Waals surface area contributed by atoms with Crippen LogP contribution in [0.2, 0.25) is 0 Å². The normalized spacial score (nSPS) is 29.4. The molecule has 0 N–H and O–H groups in total. The molecule has 0 radical (unpaired) electrons. The predicted octanol–water partition coefficient (Wildman–Crippen LogP) is 3.70. The number of aromatic nitrogens is 1. The van der Waals surface area contributed by atoms with Crippen molar-refractivity contribution in [2.75, 3.05) is 0 Å². The number of hydrogen-bond acceptors (Lipinski definition) is 0. The van der Waals surface area contributed by atoms with E-state index < -0.39 is 11.6 Å². The van der Waals surface area contributed by atoms with Crippen LogP contribution < -0.4 is 4.57 Å². The van der Waals surface area contributed by atoms with Crippen molar-refractivity contribution in [2.45, 2.75) is 37.6 Å². The third-order valence-electron chi connectivity index (χ3n) is 5.36. The SMILES string of the molecule is CCC12CC1(C)c1cc(F)cc(F)c1-c1cccc[n+]12. The van der Waals surface area contributed by atoms with Gasteiger partial charge in [0.15, 0.2) is 11.7 Å². The Morgan fingerprint density at radius 1 is 1.25 bits per heavy atom. The van der Waals surface area contributed by atoms with Gasteiger partial charge in [0, 0.05) is 31.0 Å². The quantitative estimate of drug-likeness (QED) is 0.697. The minimum Gasteiger partial charge on any atom is -0.207 e. The van der Waals surface area contributed by atoms with Crippen molar-refractivity contribution in [3.63, 3.8) is 0 Å². The molecule has 0 spiro atoms. The van der Waals surface area contributed by atoms with Gasteiger partial charge in [0.2, 0.25) is 5.69 Å². The van der Waals surface area contributed by atoms with E-state index in [1.54, 1.807) is 0 Å². The molecule has 102 valence electrons. The van der Waals surface area contributed by atoms with Crippen LogP contribution in [0.5, 0.6) is 0 Å². The predicted molar refractivity (Wildman–Crippen MR) is 72.2 cm³/mol. The van der Waals surface area contributed by atoms with E-state index >= 15 is 0 Å². The molecule has 3 heteroatoms. The lowest BCUT2D eigenvalue weighted by Gasteiger charge is -2.26. The summed E-state index contributed by atoms with van der Waals surface area (Å²) in [4.78, 5) is 0. The number of rotatable bonds is 1. The highest BCUT2D eigenvalue weighted by Gasteiger charge is 2.75. The molecule has 2 aliphatic rings. The van der Waals surface area contributed by atoms with Crippen molar-refractivity contribution < 1.29 is 13.3 Å². The zero-order chi connectivity index (χ0) is 14.1. The van der Waals surface area contributed by atoms with E-state index in [0.29, 0.717) is 5.56 Å². The van der Waals surface area contributed by atoms with E-state index in [1.807, 2.05) is 24.4 Å². The molecule has 2 aromatic rings. The third kappa shape index (κ3) is 1.15. The number of pyridine rings is 1. The summed E-state index contributed by atoms with van der Waals surface area (Å²) < 4.78 is 30.2. The maximum atomic E-state index is 14.3. The molecular formula is C17H16F2N+. The Labute approximate surface area is 116 Å². The van der Waals surface area contributed by atoms with Gasteiger partial charge in [-0.05, 0) is 24.6 Å². The molecule has 2 unspecified atom stereocenters. The summed E-state index contributed by atoms with van der Waals surface area (Å²) in [5, 5.41) is 0. The van der Waals surface area contributed by atoms with Crippen molar-refractivity contribution in [1.29, 1.82) is 0 Å². The average Bonchev–Trinajstić information content (AvgIpc) is 3.07. The summed E-state index contributed by atoms with van der Waals surface area (Å²) in [6, 6.07) is 8.32. The van der Waals surface area contributed by atoms with E-state index in [-0.39, 0.29) is 11.0 Å². The van der Waals surface area contributed by atoms with Gasteiger partial charge in [0.1, 0.15) is 11.6 Å². The van der Waals surface area contributed by atoms with Crippen LogP contribution in [-0.2, 0) is 11.0 Å². The van der Waals surface area contributed by atoms with Crippen LogP contribution in [0.25, 0.3) is 11.3 Å². The second-order valence-electron chi connectivity index (χ2n) is 6.16. The molecule has 0 amide bonds. The van der Waals surface area contributed by atoms with Crippen molar-refractivity contribution in [1.82, 2.24) is 0 Å². The topological polar surface area (TPSA) is 3.88 Å². The number of benzene rings is 1. The van der Waals surface area contributed by atoms with E-state index in [2.05, 4.69) is 18.4 Å². The molecule has 1 aromatic heterocycles. The molecule has 4 rings (SSSR count). The number of fused-ring (bicyclic) bond motifs is 6. The Bertz CT molecular complexity index is 740. The van der Waals surface area contributed by atoms with E-state index in [1.165, 1.54) is 6.07 Å². The van der Waals surface area contributed by atoms with Crippen LogP contribution in [-0.4, -0.2) is 0 Å². The maximum absolute atomic E-state index is 14.3. The fourth-order valence-electron chi connectivity index (χ4n) is 4.21. The minimum atomic E-state index is -0.483. The summed E-state index contributed by atoms with van der Waals surface area (Å²) in [5.41, 5.74) is 2.05. The molecule has 20 heavy (non-hydrogen) atoms. The molecule has 1 aliphatic heterocycles. The van der Waals surface area contributed by atoms with E-state index in [9.17, 15) is 8.78 Å². The highest BCUT2D eigenvalue weighted by atomic mass is 19.1. The van der Waals surface area contributed by atoms with Crippen LogP contribution >= 0.6 is 0 Å². The van der Waals surface area contributed by atoms with Crippen molar-refractivity contribution in [3.8, 4) is 11.3 Å². The lowest BCUT2D eigenvalue weighted by Crippen LogP contribution is -2.54. The van der Waals surface area contributed by atoms with Gasteiger partial charge in [-0.2, -0.15) is 4.57 Å². The summed E-state index contributed by atoms with van der Waals surface area (Å²) in [6.07, 6.45) is 3.92. The van der Waals surface area contributed by atoms with Gasteiger partial charge in [-0.25, -0.2) is 8.78 Å². The summed E-state index contributed by atoms with van der Waals surface area (Å²) in [7, 11) is 0. The zero-order valence-electron chi connectivity index (χ0n) is 11.6. The Balaban J connectivity index is 2.13. The first-order valence-electron chi connectivity index (χ1n) is 7.04. The minimum absolute atomic E-state index is 0.0309. The van der Waals surface area contributed by atoms with Crippen LogP contribution in [0.15, 0.2) is 36.5 Å². The zero-order valence-corrected chi connectivity index (χ0v) is 11.6. The Hall–Kier alpha value is -1.77. The lowest BCUT2D eigenvalue weighted by atomic mass is 9.82. The molecule has 2 atom stereocenters. The molecule has 1 saturated carbocycles. The molecular weight excluding hydrogens is 256 g/mol. The van der Waals surface area contributed by atoms with Gasteiger partial charge in [-0.15, -0.1) is 0 Å². The number of hydrogen-bond donors (Lipinski definition) is 0. The summed E-state index contributed by atoms with van der Waals surface area (Å²) in [6.45, 7) is 4.27. The Morgan fingerprint density at radius 3 is 2.80 bits per heavy atom. The highest BCUT2D eigenvalue weighted by molar-refractivity contribution is 5.68. The summed E-state index contributed by atoms with van der Waals surface area (Å²) in [5.74, 6) is -0.943. The monoisotopic (exact) mass is 272 g/mol. The molecule has 2 heterocycles. The van der Waals surface area contributed by atoms with Crippen molar-refractivity contribution in [2.24, 2.45) is 0 Å². The van der Waals surface area contributed by atoms with E-state index in [0.717, 1.165) is 30.2 Å². The first-order valence-corrected chi connectivity index (χ1v) is 7.04. The molecule has 1 fully saturated rings. The highest BCUT2D eigenvalue weighted by Crippen LogP contribution is 2.65. The fourth-order valence-corrected chi connectivity index (χ4v) is 4.21. The van der Waals surface area contributed by atoms with Crippen molar-refractivity contribution in [3.05, 3.63) is 53.7 Å². The molecule has 1 nitrogen and oxygen atoms in total. The number of halogens is 2. The van der Waals surface area contributed by atoms with Gasteiger partial charge >= 0.3 is 0 Å². The lowest BCUT2D eigenvalue weighted by molar-refractivity contribution is -0.735. The molecule has 1 aromatic carbocycles. The van der Waals surface area contributed by atoms with E-state index in [4.69, 9.17) is 0 Å². The standard InChI is InChI=1S/C17H16F2N/c1-3-17-10-16(17,2)12-8-11(18)9-13(19)15(12)14-6-4-5-7-20(14)17/h4-9H,3,10H2,1-2H3/q+1. The average molecular weight is 272 g/mol. The van der Waals surface area contributed by atoms with Crippen molar-refractivity contribution >= 4 is 0 Å². The summed E-state index contributed by atoms with van der Waals surface area (Å²) >= 11 is 0. The van der Waals surface area contributed by atoms with Crippen LogP contribution in [0.1, 0.15) is 32.3 Å². The van der Waals surface area contributed by atoms with Gasteiger partial charge in [-0.1, -0.05) is 6.92 Å². The largest absolute Gasteiger partial charge is 0.216 e. The second kappa shape index (κ2) is 3.46. The van der Waals surface area contributed by atoms with Gasteiger partial charge in [0.25, 0.3) is 0 Å². The first kappa shape index (κ1) is 12.0. The van der Waals surface area contributed by atoms with Gasteiger partial charge < -0.3 is 0 Å². The molecule has 0 bridgehead atoms. The Kier molecular flexibility index (Phi) is 2.08. The van der Waals surface area contributed by atoms with Gasteiger partial charge in [0.05, 0.1) is 11.0 Å². The third-order valence-corrected chi connectivity index (χ3v) is 5.36. The molecule has 1 aliphatic carbocycles. The first-order chi connectivity index (χ1) is 9.53. The smallest absolute Gasteiger partial charge is 0.207 e. The second-order valence-corrected chi connectivity index (χ2v) is 6.16. The maximum Gasteiger partial charge on any atom is 0.216 e. The molecule has 0 saturated heterocycles. The fraction of sp³-hybridized carbons (Fsp3) is 0.353.